The Morgan fingerprint density at radius 3 is 2.40 bits per heavy atom. The number of hydrogen-bond donors (Lipinski definition) is 1. The lowest BCUT2D eigenvalue weighted by molar-refractivity contribution is -0.115. The molecule has 0 amide bonds. The standard InChI is InChI=1S/C11H14N2O2/c14-11(8-5-12-7-13-6-8)3-9-1-2-10(4-11)15-9/h5-7,9-10,14H,1-4H2. The summed E-state index contributed by atoms with van der Waals surface area (Å²) in [6.45, 7) is 0. The van der Waals surface area contributed by atoms with Crippen molar-refractivity contribution in [3.05, 3.63) is 24.3 Å². The van der Waals surface area contributed by atoms with Crippen LogP contribution >= 0.6 is 0 Å². The van der Waals surface area contributed by atoms with Gasteiger partial charge in [-0.05, 0) is 12.8 Å². The van der Waals surface area contributed by atoms with Gasteiger partial charge < -0.3 is 9.84 Å². The molecule has 4 heteroatoms. The van der Waals surface area contributed by atoms with Gasteiger partial charge in [-0.1, -0.05) is 0 Å². The molecule has 1 aromatic heterocycles. The molecule has 2 aliphatic rings. The first kappa shape index (κ1) is 9.24. The molecule has 1 N–H and O–H groups in total. The highest BCUT2D eigenvalue weighted by Gasteiger charge is 2.44. The predicted molar refractivity (Wildman–Crippen MR) is 53.1 cm³/mol. The van der Waals surface area contributed by atoms with Gasteiger partial charge in [0.1, 0.15) is 6.33 Å². The van der Waals surface area contributed by atoms with Gasteiger partial charge in [-0.2, -0.15) is 0 Å². The van der Waals surface area contributed by atoms with E-state index in [-0.39, 0.29) is 12.2 Å². The average Bonchev–Trinajstić information content (AvgIpc) is 2.60. The maximum absolute atomic E-state index is 10.6. The largest absolute Gasteiger partial charge is 0.385 e. The number of hydrogen-bond acceptors (Lipinski definition) is 4. The molecule has 80 valence electrons. The minimum absolute atomic E-state index is 0.217. The molecule has 2 aliphatic heterocycles. The van der Waals surface area contributed by atoms with E-state index in [9.17, 15) is 5.11 Å². The number of nitrogens with zero attached hydrogens (tertiary/aromatic N) is 2. The second kappa shape index (κ2) is 3.25. The van der Waals surface area contributed by atoms with Crippen molar-refractivity contribution in [2.75, 3.05) is 0 Å². The van der Waals surface area contributed by atoms with Crippen LogP contribution in [0.15, 0.2) is 18.7 Å². The van der Waals surface area contributed by atoms with E-state index in [4.69, 9.17) is 4.74 Å². The Labute approximate surface area is 88.3 Å². The zero-order chi connectivity index (χ0) is 10.3. The van der Waals surface area contributed by atoms with Crippen LogP contribution in [0.2, 0.25) is 0 Å². The summed E-state index contributed by atoms with van der Waals surface area (Å²) in [5, 5.41) is 10.6. The summed E-state index contributed by atoms with van der Waals surface area (Å²) in [6, 6.07) is 0. The van der Waals surface area contributed by atoms with Crippen molar-refractivity contribution >= 4 is 0 Å². The molecule has 15 heavy (non-hydrogen) atoms. The van der Waals surface area contributed by atoms with Gasteiger partial charge >= 0.3 is 0 Å². The Morgan fingerprint density at radius 1 is 1.20 bits per heavy atom. The number of fused-ring (bicyclic) bond motifs is 2. The molecule has 0 aliphatic carbocycles. The molecule has 0 radical (unpaired) electrons. The van der Waals surface area contributed by atoms with Crippen LogP contribution in [0.4, 0.5) is 0 Å². The minimum Gasteiger partial charge on any atom is -0.385 e. The summed E-state index contributed by atoms with van der Waals surface area (Å²) in [5.74, 6) is 0. The van der Waals surface area contributed by atoms with Crippen molar-refractivity contribution in [1.29, 1.82) is 0 Å². The first-order chi connectivity index (χ1) is 7.26. The second-order valence-corrected chi connectivity index (χ2v) is 4.52. The highest BCUT2D eigenvalue weighted by molar-refractivity contribution is 5.17. The maximum atomic E-state index is 10.6. The van der Waals surface area contributed by atoms with E-state index in [2.05, 4.69) is 9.97 Å². The maximum Gasteiger partial charge on any atom is 0.115 e. The SMILES string of the molecule is OC1(c2cncnc2)CC2CCC(C1)O2. The monoisotopic (exact) mass is 206 g/mol. The van der Waals surface area contributed by atoms with Crippen molar-refractivity contribution in [1.82, 2.24) is 9.97 Å². The zero-order valence-corrected chi connectivity index (χ0v) is 8.47. The topological polar surface area (TPSA) is 55.2 Å². The molecule has 4 nitrogen and oxygen atoms in total. The molecule has 0 saturated carbocycles. The van der Waals surface area contributed by atoms with Gasteiger partial charge in [0.15, 0.2) is 0 Å². The van der Waals surface area contributed by atoms with E-state index in [1.165, 1.54) is 6.33 Å². The molecular weight excluding hydrogens is 192 g/mol. The summed E-state index contributed by atoms with van der Waals surface area (Å²) in [4.78, 5) is 7.93. The Bertz CT molecular complexity index is 343. The van der Waals surface area contributed by atoms with E-state index in [1.54, 1.807) is 12.4 Å². The average molecular weight is 206 g/mol. The van der Waals surface area contributed by atoms with Gasteiger partial charge in [0.05, 0.1) is 17.8 Å². The summed E-state index contributed by atoms with van der Waals surface area (Å²) < 4.78 is 5.71. The molecular formula is C11H14N2O2. The molecule has 3 heterocycles. The number of ether oxygens (including phenoxy) is 1. The lowest BCUT2D eigenvalue weighted by atomic mass is 9.85. The Morgan fingerprint density at radius 2 is 1.80 bits per heavy atom. The van der Waals surface area contributed by atoms with Gasteiger partial charge in [-0.15, -0.1) is 0 Å². The quantitative estimate of drug-likeness (QED) is 0.745. The van der Waals surface area contributed by atoms with Gasteiger partial charge in [-0.3, -0.25) is 0 Å². The Kier molecular flexibility index (Phi) is 2.00. The van der Waals surface area contributed by atoms with Crippen LogP contribution in [-0.2, 0) is 10.3 Å². The molecule has 0 aromatic carbocycles. The van der Waals surface area contributed by atoms with E-state index >= 15 is 0 Å². The first-order valence-corrected chi connectivity index (χ1v) is 5.40. The van der Waals surface area contributed by atoms with Crippen LogP contribution in [0.3, 0.4) is 0 Å². The highest BCUT2D eigenvalue weighted by Crippen LogP contribution is 2.43. The molecule has 3 rings (SSSR count). The summed E-state index contributed by atoms with van der Waals surface area (Å²) >= 11 is 0. The zero-order valence-electron chi connectivity index (χ0n) is 8.47. The van der Waals surface area contributed by atoms with Crippen LogP contribution in [0.1, 0.15) is 31.2 Å². The summed E-state index contributed by atoms with van der Waals surface area (Å²) in [7, 11) is 0. The van der Waals surface area contributed by atoms with Gasteiger partial charge in [0.25, 0.3) is 0 Å². The van der Waals surface area contributed by atoms with Crippen LogP contribution in [-0.4, -0.2) is 27.3 Å². The van der Waals surface area contributed by atoms with Crippen LogP contribution in [0.25, 0.3) is 0 Å². The van der Waals surface area contributed by atoms with Crippen LogP contribution in [0.5, 0.6) is 0 Å². The third-order valence-corrected chi connectivity index (χ3v) is 3.42. The number of aromatic nitrogens is 2. The Hall–Kier alpha value is -1.00. The molecule has 2 fully saturated rings. The van der Waals surface area contributed by atoms with Gasteiger partial charge in [-0.25, -0.2) is 9.97 Å². The van der Waals surface area contributed by atoms with Crippen molar-refractivity contribution in [3.63, 3.8) is 0 Å². The van der Waals surface area contributed by atoms with E-state index < -0.39 is 5.60 Å². The number of aliphatic hydroxyl groups is 1. The van der Waals surface area contributed by atoms with Gasteiger partial charge in [0, 0.05) is 30.8 Å². The third kappa shape index (κ3) is 1.54. The normalized spacial score (nSPS) is 39.3. The minimum atomic E-state index is -0.772. The predicted octanol–water partition coefficient (Wildman–Crippen LogP) is 1.01. The molecule has 2 bridgehead atoms. The van der Waals surface area contributed by atoms with E-state index in [0.717, 1.165) is 18.4 Å². The van der Waals surface area contributed by atoms with Crippen molar-refractivity contribution in [2.24, 2.45) is 0 Å². The lowest BCUT2D eigenvalue weighted by Crippen LogP contribution is -2.38. The smallest absolute Gasteiger partial charge is 0.115 e. The highest BCUT2D eigenvalue weighted by atomic mass is 16.5. The lowest BCUT2D eigenvalue weighted by Gasteiger charge is -2.36. The Balaban J connectivity index is 1.91. The molecule has 2 saturated heterocycles. The molecule has 1 aromatic rings. The van der Waals surface area contributed by atoms with Crippen LogP contribution < -0.4 is 0 Å². The van der Waals surface area contributed by atoms with Crippen molar-refractivity contribution in [2.45, 2.75) is 43.5 Å². The molecule has 2 atom stereocenters. The fraction of sp³-hybridized carbons (Fsp3) is 0.636. The van der Waals surface area contributed by atoms with Gasteiger partial charge in [0.2, 0.25) is 0 Å². The fourth-order valence-electron chi connectivity index (χ4n) is 2.69. The van der Waals surface area contributed by atoms with Crippen LogP contribution in [0, 0.1) is 0 Å². The first-order valence-electron chi connectivity index (χ1n) is 5.40. The molecule has 0 spiro atoms. The van der Waals surface area contributed by atoms with E-state index in [1.807, 2.05) is 0 Å². The second-order valence-electron chi connectivity index (χ2n) is 4.52. The molecule has 2 unspecified atom stereocenters. The fourth-order valence-corrected chi connectivity index (χ4v) is 2.69. The summed E-state index contributed by atoms with van der Waals surface area (Å²) in [5.41, 5.74) is 0.0518. The van der Waals surface area contributed by atoms with Crippen molar-refractivity contribution in [3.8, 4) is 0 Å². The third-order valence-electron chi connectivity index (χ3n) is 3.42. The van der Waals surface area contributed by atoms with E-state index in [0.29, 0.717) is 12.8 Å². The summed E-state index contributed by atoms with van der Waals surface area (Å²) in [6.07, 6.45) is 8.83. The van der Waals surface area contributed by atoms with Crippen molar-refractivity contribution < 1.29 is 9.84 Å². The number of rotatable bonds is 1.